The van der Waals surface area contributed by atoms with Crippen LogP contribution in [0.4, 0.5) is 0 Å². The molecule has 4 aliphatic heterocycles. The maximum Gasteiger partial charge on any atom is 0.313 e. The predicted molar refractivity (Wildman–Crippen MR) is 167 cm³/mol. The molecule has 2 saturated heterocycles. The zero-order chi connectivity index (χ0) is 32.3. The van der Waals surface area contributed by atoms with Crippen molar-refractivity contribution in [3.63, 3.8) is 0 Å². The van der Waals surface area contributed by atoms with Crippen LogP contribution in [0.25, 0.3) is 0 Å². The summed E-state index contributed by atoms with van der Waals surface area (Å²) in [7, 11) is 0. The summed E-state index contributed by atoms with van der Waals surface area (Å²) in [5.41, 5.74) is -0.724. The third-order valence-corrected chi connectivity index (χ3v) is 9.60. The lowest BCUT2D eigenvalue weighted by Gasteiger charge is -2.40. The summed E-state index contributed by atoms with van der Waals surface area (Å²) >= 11 is 0. The number of likely N-dealkylation sites (tertiary alicyclic amines) is 1. The average molecular weight is 622 g/mol. The number of hydrogen-bond donors (Lipinski definition) is 2. The number of amides is 3. The number of nitrogens with zero attached hydrogens (tertiary/aromatic N) is 2. The summed E-state index contributed by atoms with van der Waals surface area (Å²) in [6.45, 7) is 8.20. The highest BCUT2D eigenvalue weighted by Gasteiger charge is 2.72. The lowest BCUT2D eigenvalue weighted by atomic mass is 9.77. The first kappa shape index (κ1) is 32.9. The molecule has 1 spiro atoms. The van der Waals surface area contributed by atoms with Crippen molar-refractivity contribution in [3.05, 3.63) is 60.2 Å². The van der Waals surface area contributed by atoms with Crippen molar-refractivity contribution in [2.45, 2.75) is 95.7 Å². The first-order chi connectivity index (χ1) is 21.6. The van der Waals surface area contributed by atoms with Gasteiger partial charge in [0.15, 0.2) is 0 Å². The number of hydrogen-bond acceptors (Lipinski definition) is 7. The van der Waals surface area contributed by atoms with E-state index in [0.717, 1.165) is 12.8 Å². The summed E-state index contributed by atoms with van der Waals surface area (Å²) in [5, 5.41) is 13.5. The standard InChI is InChI=1S/C35H47N3O7/c1-5-12-23(4)37-18-11-17-35-30(32(41)38(31(35)33(37)42)25(21-39)19-22(2)3)29-26(45-35)15-9-10-16-28(40)36-20-27(44-34(29)43)24-13-7-6-8-14-24/h6-9,11,13-15,17,22-23,25-27,29-31,39H,5,10,12,16,18-21H2,1-4H3,(H,36,40)/b15-9-/t23?,25-,26+,27-,29-,30-,31+,35-/m1/s1. The van der Waals surface area contributed by atoms with Crippen molar-refractivity contribution in [1.29, 1.82) is 0 Å². The van der Waals surface area contributed by atoms with Gasteiger partial charge in [-0.05, 0) is 37.7 Å². The monoisotopic (exact) mass is 621 g/mol. The van der Waals surface area contributed by atoms with Crippen LogP contribution in [-0.2, 0) is 28.7 Å². The van der Waals surface area contributed by atoms with Gasteiger partial charge in [-0.1, -0.05) is 81.8 Å². The topological polar surface area (TPSA) is 125 Å². The molecule has 10 nitrogen and oxygen atoms in total. The van der Waals surface area contributed by atoms with E-state index in [1.165, 1.54) is 4.90 Å². The van der Waals surface area contributed by atoms with E-state index in [0.29, 0.717) is 24.9 Å². The van der Waals surface area contributed by atoms with E-state index in [2.05, 4.69) is 12.2 Å². The number of carbonyl (C=O) groups excluding carboxylic acids is 4. The van der Waals surface area contributed by atoms with E-state index in [1.807, 2.05) is 63.3 Å². The van der Waals surface area contributed by atoms with Gasteiger partial charge in [-0.2, -0.15) is 0 Å². The number of benzene rings is 1. The normalized spacial score (nSPS) is 32.4. The van der Waals surface area contributed by atoms with Crippen molar-refractivity contribution >= 4 is 23.7 Å². The highest BCUT2D eigenvalue weighted by molar-refractivity contribution is 5.99. The Kier molecular flexibility index (Phi) is 10.1. The molecule has 8 atom stereocenters. The van der Waals surface area contributed by atoms with E-state index in [9.17, 15) is 24.3 Å². The first-order valence-corrected chi connectivity index (χ1v) is 16.4. The quantitative estimate of drug-likeness (QED) is 0.337. The van der Waals surface area contributed by atoms with E-state index in [1.54, 1.807) is 17.1 Å². The molecule has 1 aromatic rings. The number of fused-ring (bicyclic) bond motifs is 2. The van der Waals surface area contributed by atoms with E-state index >= 15 is 0 Å². The summed E-state index contributed by atoms with van der Waals surface area (Å²) < 4.78 is 12.9. The molecule has 0 radical (unpaired) electrons. The van der Waals surface area contributed by atoms with Crippen LogP contribution in [0.2, 0.25) is 0 Å². The summed E-state index contributed by atoms with van der Waals surface area (Å²) in [6.07, 6.45) is 8.40. The largest absolute Gasteiger partial charge is 0.455 e. The van der Waals surface area contributed by atoms with Crippen molar-refractivity contribution in [2.24, 2.45) is 17.8 Å². The molecule has 4 aliphatic rings. The second-order valence-electron chi connectivity index (χ2n) is 13.2. The van der Waals surface area contributed by atoms with Gasteiger partial charge in [-0.25, -0.2) is 0 Å². The second-order valence-corrected chi connectivity index (χ2v) is 13.2. The number of cyclic esters (lactones) is 1. The number of carbonyl (C=O) groups is 4. The summed E-state index contributed by atoms with van der Waals surface area (Å²) in [6, 6.07) is 7.42. The zero-order valence-corrected chi connectivity index (χ0v) is 26.8. The summed E-state index contributed by atoms with van der Waals surface area (Å²) in [4.78, 5) is 59.4. The molecule has 4 heterocycles. The van der Waals surface area contributed by atoms with Crippen LogP contribution in [0.3, 0.4) is 0 Å². The molecular weight excluding hydrogens is 574 g/mol. The lowest BCUT2D eigenvalue weighted by molar-refractivity contribution is -0.161. The van der Waals surface area contributed by atoms with Gasteiger partial charge in [-0.3, -0.25) is 19.2 Å². The van der Waals surface area contributed by atoms with Crippen LogP contribution < -0.4 is 5.32 Å². The van der Waals surface area contributed by atoms with Crippen molar-refractivity contribution in [2.75, 3.05) is 19.7 Å². The maximum absolute atomic E-state index is 14.7. The van der Waals surface area contributed by atoms with Crippen molar-refractivity contribution in [3.8, 4) is 0 Å². The number of aliphatic hydroxyl groups is 1. The number of ether oxygens (including phenoxy) is 2. The molecule has 0 aliphatic carbocycles. The predicted octanol–water partition coefficient (Wildman–Crippen LogP) is 3.31. The van der Waals surface area contributed by atoms with Gasteiger partial charge in [0.2, 0.25) is 17.7 Å². The molecule has 0 saturated carbocycles. The Labute approximate surface area is 265 Å². The van der Waals surface area contributed by atoms with Crippen molar-refractivity contribution < 1.29 is 33.8 Å². The fourth-order valence-corrected chi connectivity index (χ4v) is 7.55. The van der Waals surface area contributed by atoms with Gasteiger partial charge < -0.3 is 29.7 Å². The van der Waals surface area contributed by atoms with Crippen LogP contribution in [0.15, 0.2) is 54.6 Å². The molecule has 45 heavy (non-hydrogen) atoms. The second kappa shape index (κ2) is 13.9. The number of nitrogens with one attached hydrogen (secondary N) is 1. The first-order valence-electron chi connectivity index (χ1n) is 16.4. The minimum absolute atomic E-state index is 0.0767. The summed E-state index contributed by atoms with van der Waals surface area (Å²) in [5.74, 6) is -3.37. The fraction of sp³-hybridized carbons (Fsp3) is 0.600. The third kappa shape index (κ3) is 6.31. The van der Waals surface area contributed by atoms with Gasteiger partial charge >= 0.3 is 5.97 Å². The number of aliphatic hydroxyl groups excluding tert-OH is 1. The highest BCUT2D eigenvalue weighted by atomic mass is 16.6. The molecule has 0 bridgehead atoms. The zero-order valence-electron chi connectivity index (χ0n) is 26.8. The Morgan fingerprint density at radius 2 is 1.82 bits per heavy atom. The maximum atomic E-state index is 14.7. The molecule has 3 amide bonds. The molecule has 244 valence electrons. The molecule has 5 rings (SSSR count). The Bertz CT molecular complexity index is 1310. The Morgan fingerprint density at radius 1 is 1.07 bits per heavy atom. The molecule has 2 N–H and O–H groups in total. The number of esters is 1. The van der Waals surface area contributed by atoms with Gasteiger partial charge in [0.25, 0.3) is 0 Å². The minimum Gasteiger partial charge on any atom is -0.455 e. The van der Waals surface area contributed by atoms with E-state index in [4.69, 9.17) is 9.47 Å². The Hall–Kier alpha value is -3.50. The van der Waals surface area contributed by atoms with Gasteiger partial charge in [0.1, 0.15) is 23.7 Å². The third-order valence-electron chi connectivity index (χ3n) is 9.60. The van der Waals surface area contributed by atoms with Crippen LogP contribution in [-0.4, -0.2) is 88.1 Å². The molecule has 10 heteroatoms. The van der Waals surface area contributed by atoms with Crippen LogP contribution in [0.5, 0.6) is 0 Å². The highest BCUT2D eigenvalue weighted by Crippen LogP contribution is 2.54. The van der Waals surface area contributed by atoms with Gasteiger partial charge in [0, 0.05) is 19.0 Å². The Morgan fingerprint density at radius 3 is 2.51 bits per heavy atom. The van der Waals surface area contributed by atoms with Crippen molar-refractivity contribution in [1.82, 2.24) is 15.1 Å². The van der Waals surface area contributed by atoms with Gasteiger partial charge in [-0.15, -0.1) is 0 Å². The van der Waals surface area contributed by atoms with Gasteiger partial charge in [0.05, 0.1) is 31.2 Å². The van der Waals surface area contributed by atoms with Crippen LogP contribution >= 0.6 is 0 Å². The van der Waals surface area contributed by atoms with E-state index in [-0.39, 0.29) is 43.3 Å². The molecular formula is C35H47N3O7. The molecule has 1 unspecified atom stereocenters. The van der Waals surface area contributed by atoms with Crippen LogP contribution in [0, 0.1) is 17.8 Å². The van der Waals surface area contributed by atoms with E-state index < -0.39 is 53.6 Å². The number of allylic oxidation sites excluding steroid dienone is 1. The minimum atomic E-state index is -1.44. The Balaban J connectivity index is 1.61. The molecule has 1 aromatic carbocycles. The average Bonchev–Trinajstić information content (AvgIpc) is 3.40. The fourth-order valence-electron chi connectivity index (χ4n) is 7.55. The van der Waals surface area contributed by atoms with Crippen LogP contribution in [0.1, 0.15) is 71.5 Å². The smallest absolute Gasteiger partial charge is 0.313 e. The molecule has 0 aromatic heterocycles. The molecule has 2 fully saturated rings. The SMILES string of the molecule is CCCC(C)N1CC=C[C@@]23O[C@H]4/C=C\CCC(=O)NC[C@H](c5ccccc5)OC(=O)[C@H]4[C@@H]2C(=O)N([C@@H](CO)CC(C)C)[C@H]3C1=O. The number of rotatable bonds is 8. The lowest BCUT2D eigenvalue weighted by Crippen LogP contribution is -2.59.